The molecule has 3 heterocycles. The molecular weight excluding hydrogens is 593 g/mol. The number of hydrogen-bond donors (Lipinski definition) is 2. The second-order valence-corrected chi connectivity index (χ2v) is 11.9. The zero-order valence-corrected chi connectivity index (χ0v) is 24.7. The van der Waals surface area contributed by atoms with Crippen molar-refractivity contribution in [3.8, 4) is 77.1 Å². The highest BCUT2D eigenvalue weighted by atomic mass is 32.1. The van der Waals surface area contributed by atoms with Crippen LogP contribution in [-0.4, -0.2) is 15.2 Å². The topological polar surface area (TPSA) is 53.4 Å². The highest BCUT2D eigenvalue weighted by Crippen LogP contribution is 2.48. The van der Waals surface area contributed by atoms with Crippen molar-refractivity contribution in [1.29, 1.82) is 0 Å². The molecule has 0 atom stereocenters. The third-order valence-electron chi connectivity index (χ3n) is 7.48. The molecular formula is C37H23F2NO2S2. The third-order valence-corrected chi connectivity index (χ3v) is 9.49. The zero-order chi connectivity index (χ0) is 30.2. The van der Waals surface area contributed by atoms with Crippen molar-refractivity contribution < 1.29 is 19.0 Å². The third kappa shape index (κ3) is 5.06. The summed E-state index contributed by atoms with van der Waals surface area (Å²) in [4.78, 5) is 6.45. The van der Waals surface area contributed by atoms with Crippen LogP contribution in [0.5, 0.6) is 11.5 Å². The first-order chi connectivity index (χ1) is 21.5. The standard InChI is InChI=1S/C37H23F2NO2S2/c38-24-16-12-22(13-17-24)30-20-43-36(34(30)41)28-8-3-1-6-26(28)32-10-5-11-33(40-32)27-7-2-4-9-29(27)37-35(42)31(21-44-37)23-14-18-25(39)19-15-23/h1-21,41-42H. The summed E-state index contributed by atoms with van der Waals surface area (Å²) in [5.41, 5.74) is 7.59. The van der Waals surface area contributed by atoms with Crippen molar-refractivity contribution in [2.75, 3.05) is 0 Å². The van der Waals surface area contributed by atoms with Gasteiger partial charge in [0.1, 0.15) is 23.1 Å². The van der Waals surface area contributed by atoms with Gasteiger partial charge < -0.3 is 10.2 Å². The van der Waals surface area contributed by atoms with E-state index in [1.54, 1.807) is 24.3 Å². The van der Waals surface area contributed by atoms with Gasteiger partial charge in [0.15, 0.2) is 0 Å². The van der Waals surface area contributed by atoms with E-state index < -0.39 is 0 Å². The molecule has 7 heteroatoms. The molecule has 3 nitrogen and oxygen atoms in total. The Balaban J connectivity index is 1.28. The second-order valence-electron chi connectivity index (χ2n) is 10.2. The summed E-state index contributed by atoms with van der Waals surface area (Å²) in [5.74, 6) is -0.380. The van der Waals surface area contributed by atoms with E-state index in [0.29, 0.717) is 20.9 Å². The summed E-state index contributed by atoms with van der Waals surface area (Å²) in [6.45, 7) is 0. The number of halogens is 2. The van der Waals surface area contributed by atoms with Gasteiger partial charge in [-0.15, -0.1) is 22.7 Å². The fraction of sp³-hybridized carbons (Fsp3) is 0. The Bertz CT molecular complexity index is 1970. The minimum Gasteiger partial charge on any atom is -0.506 e. The van der Waals surface area contributed by atoms with Crippen LogP contribution in [0.3, 0.4) is 0 Å². The van der Waals surface area contributed by atoms with Gasteiger partial charge in [-0.3, -0.25) is 0 Å². The molecule has 7 aromatic rings. The number of aromatic hydroxyl groups is 2. The Labute approximate surface area is 260 Å². The van der Waals surface area contributed by atoms with Crippen LogP contribution in [0.4, 0.5) is 8.78 Å². The van der Waals surface area contributed by atoms with E-state index in [1.165, 1.54) is 46.9 Å². The van der Waals surface area contributed by atoms with Crippen LogP contribution in [0.1, 0.15) is 0 Å². The molecule has 0 saturated carbocycles. The highest BCUT2D eigenvalue weighted by Gasteiger charge is 2.20. The maximum absolute atomic E-state index is 13.5. The molecule has 0 saturated heterocycles. The first-order valence-electron chi connectivity index (χ1n) is 13.8. The molecule has 3 aromatic heterocycles. The molecule has 0 fully saturated rings. The summed E-state index contributed by atoms with van der Waals surface area (Å²) in [7, 11) is 0. The molecule has 214 valence electrons. The maximum Gasteiger partial charge on any atom is 0.142 e. The number of thiophene rings is 2. The van der Waals surface area contributed by atoms with Gasteiger partial charge in [0.25, 0.3) is 0 Å². The lowest BCUT2D eigenvalue weighted by atomic mass is 9.98. The SMILES string of the molecule is Oc1c(-c2ccc(F)cc2)csc1-c1ccccc1-c1cccc(-c2ccccc2-c2scc(-c3ccc(F)cc3)c2O)n1. The summed E-state index contributed by atoms with van der Waals surface area (Å²) >= 11 is 2.84. The molecule has 0 radical (unpaired) electrons. The largest absolute Gasteiger partial charge is 0.506 e. The molecule has 44 heavy (non-hydrogen) atoms. The van der Waals surface area contributed by atoms with E-state index in [1.807, 2.05) is 77.5 Å². The van der Waals surface area contributed by atoms with Gasteiger partial charge >= 0.3 is 0 Å². The molecule has 0 spiro atoms. The highest BCUT2D eigenvalue weighted by molar-refractivity contribution is 7.15. The smallest absolute Gasteiger partial charge is 0.142 e. The summed E-state index contributed by atoms with van der Waals surface area (Å²) in [6, 6.07) is 33.6. The average Bonchev–Trinajstić information content (AvgIpc) is 3.64. The lowest BCUT2D eigenvalue weighted by Crippen LogP contribution is -1.91. The van der Waals surface area contributed by atoms with Crippen molar-refractivity contribution in [2.24, 2.45) is 0 Å². The van der Waals surface area contributed by atoms with E-state index in [0.717, 1.165) is 44.8 Å². The van der Waals surface area contributed by atoms with Crippen molar-refractivity contribution in [2.45, 2.75) is 0 Å². The first-order valence-corrected chi connectivity index (χ1v) is 15.5. The van der Waals surface area contributed by atoms with Crippen LogP contribution in [0.15, 0.2) is 126 Å². The van der Waals surface area contributed by atoms with Crippen molar-refractivity contribution >= 4 is 22.7 Å². The van der Waals surface area contributed by atoms with Crippen molar-refractivity contribution in [3.05, 3.63) is 138 Å². The number of benzene rings is 4. The molecule has 0 aliphatic carbocycles. The summed E-state index contributed by atoms with van der Waals surface area (Å²) in [5, 5.41) is 26.3. The quantitative estimate of drug-likeness (QED) is 0.196. The van der Waals surface area contributed by atoms with E-state index in [2.05, 4.69) is 0 Å². The summed E-state index contributed by atoms with van der Waals surface area (Å²) < 4.78 is 27.0. The van der Waals surface area contributed by atoms with Crippen LogP contribution >= 0.6 is 22.7 Å². The Kier molecular flexibility index (Phi) is 7.26. The van der Waals surface area contributed by atoms with Crippen molar-refractivity contribution in [1.82, 2.24) is 4.98 Å². The van der Waals surface area contributed by atoms with Gasteiger partial charge in [0.2, 0.25) is 0 Å². The monoisotopic (exact) mass is 615 g/mol. The van der Waals surface area contributed by atoms with Gasteiger partial charge in [-0.25, -0.2) is 13.8 Å². The number of hydrogen-bond acceptors (Lipinski definition) is 5. The zero-order valence-electron chi connectivity index (χ0n) is 23.0. The fourth-order valence-corrected chi connectivity index (χ4v) is 7.32. The van der Waals surface area contributed by atoms with Crippen LogP contribution < -0.4 is 0 Å². The van der Waals surface area contributed by atoms with E-state index >= 15 is 0 Å². The molecule has 0 aliphatic rings. The predicted octanol–water partition coefficient (Wildman–Crippen LogP) is 10.9. The lowest BCUT2D eigenvalue weighted by molar-refractivity contribution is 0.481. The number of nitrogens with zero attached hydrogens (tertiary/aromatic N) is 1. The van der Waals surface area contributed by atoms with E-state index in [-0.39, 0.29) is 23.1 Å². The van der Waals surface area contributed by atoms with Crippen LogP contribution in [0, 0.1) is 11.6 Å². The van der Waals surface area contributed by atoms with Crippen LogP contribution in [0.2, 0.25) is 0 Å². The fourth-order valence-electron chi connectivity index (χ4n) is 5.30. The normalized spacial score (nSPS) is 11.1. The Morgan fingerprint density at radius 3 is 1.23 bits per heavy atom. The van der Waals surface area contributed by atoms with E-state index in [4.69, 9.17) is 4.98 Å². The lowest BCUT2D eigenvalue weighted by Gasteiger charge is -2.12. The minimum atomic E-state index is -0.329. The van der Waals surface area contributed by atoms with Gasteiger partial charge in [-0.2, -0.15) is 0 Å². The van der Waals surface area contributed by atoms with Crippen LogP contribution in [0.25, 0.3) is 65.6 Å². The predicted molar refractivity (Wildman–Crippen MR) is 176 cm³/mol. The Hall–Kier alpha value is -5.11. The number of aromatic nitrogens is 1. The average molecular weight is 616 g/mol. The Morgan fingerprint density at radius 1 is 0.432 bits per heavy atom. The molecule has 7 rings (SSSR count). The molecule has 2 N–H and O–H groups in total. The van der Waals surface area contributed by atoms with Crippen LogP contribution in [-0.2, 0) is 0 Å². The second kappa shape index (κ2) is 11.5. The molecule has 4 aromatic carbocycles. The van der Waals surface area contributed by atoms with Gasteiger partial charge in [0, 0.05) is 44.1 Å². The summed E-state index contributed by atoms with van der Waals surface area (Å²) in [6.07, 6.45) is 0. The maximum atomic E-state index is 13.5. The van der Waals surface area contributed by atoms with E-state index in [9.17, 15) is 19.0 Å². The Morgan fingerprint density at radius 2 is 0.818 bits per heavy atom. The van der Waals surface area contributed by atoms with Gasteiger partial charge in [0.05, 0.1) is 21.1 Å². The molecule has 0 unspecified atom stereocenters. The number of rotatable bonds is 6. The number of pyridine rings is 1. The first kappa shape index (κ1) is 27.7. The van der Waals surface area contributed by atoms with Gasteiger partial charge in [-0.1, -0.05) is 78.9 Å². The van der Waals surface area contributed by atoms with Crippen molar-refractivity contribution in [3.63, 3.8) is 0 Å². The molecule has 0 amide bonds. The molecule has 0 aliphatic heterocycles. The molecule has 0 bridgehead atoms. The van der Waals surface area contributed by atoms with Gasteiger partial charge in [-0.05, 0) is 47.5 Å². The minimum absolute atomic E-state index is 0.140.